The Labute approximate surface area is 157 Å². The van der Waals surface area contributed by atoms with Gasteiger partial charge in [-0.05, 0) is 35.4 Å². The number of carbonyl (C=O) groups excluding carboxylic acids is 2. The molecule has 1 amide bonds. The van der Waals surface area contributed by atoms with E-state index in [-0.39, 0.29) is 23.5 Å². The lowest BCUT2D eigenvalue weighted by Crippen LogP contribution is -2.45. The Hall–Kier alpha value is -1.84. The summed E-state index contributed by atoms with van der Waals surface area (Å²) in [6, 6.07) is 15.1. The Morgan fingerprint density at radius 3 is 1.92 bits per heavy atom. The lowest BCUT2D eigenvalue weighted by Gasteiger charge is -2.36. The number of likely N-dealkylation sites (tertiary alicyclic amines) is 1. The summed E-state index contributed by atoms with van der Waals surface area (Å²) in [5.74, 6) is -0.222. The third kappa shape index (κ3) is 4.05. The summed E-state index contributed by atoms with van der Waals surface area (Å²) in [4.78, 5) is 26.3. The molecule has 1 saturated heterocycles. The van der Waals surface area contributed by atoms with Crippen molar-refractivity contribution < 1.29 is 9.59 Å². The van der Waals surface area contributed by atoms with Gasteiger partial charge in [-0.25, -0.2) is 0 Å². The molecule has 1 unspecified atom stereocenters. The van der Waals surface area contributed by atoms with Gasteiger partial charge < -0.3 is 4.90 Å². The first-order valence-corrected chi connectivity index (χ1v) is 9.00. The minimum atomic E-state index is -0.278. The predicted molar refractivity (Wildman–Crippen MR) is 100 cm³/mol. The van der Waals surface area contributed by atoms with Crippen LogP contribution in [0.25, 0.3) is 0 Å². The monoisotopic (exact) mass is 375 g/mol. The quantitative estimate of drug-likeness (QED) is 0.788. The largest absolute Gasteiger partial charge is 0.342 e. The number of carbonyl (C=O) groups is 2. The second-order valence-electron chi connectivity index (χ2n) is 6.37. The van der Waals surface area contributed by atoms with Crippen LogP contribution in [-0.2, 0) is 9.59 Å². The average molecular weight is 376 g/mol. The van der Waals surface area contributed by atoms with Crippen molar-refractivity contribution in [2.24, 2.45) is 5.92 Å². The summed E-state index contributed by atoms with van der Waals surface area (Å²) in [5.41, 5.74) is 2.02. The van der Waals surface area contributed by atoms with Gasteiger partial charge in [-0.2, -0.15) is 0 Å². The third-order valence-electron chi connectivity index (χ3n) is 4.76. The molecule has 0 radical (unpaired) electrons. The molecule has 5 heteroatoms. The number of benzene rings is 2. The first-order chi connectivity index (χ1) is 12.0. The molecule has 0 N–H and O–H groups in total. The van der Waals surface area contributed by atoms with Crippen LogP contribution in [0.15, 0.2) is 48.5 Å². The number of rotatable bonds is 3. The zero-order valence-electron chi connectivity index (χ0n) is 13.9. The van der Waals surface area contributed by atoms with Crippen molar-refractivity contribution in [3.8, 4) is 0 Å². The van der Waals surface area contributed by atoms with Crippen LogP contribution >= 0.6 is 23.2 Å². The number of hydrogen-bond acceptors (Lipinski definition) is 2. The van der Waals surface area contributed by atoms with E-state index < -0.39 is 0 Å². The van der Waals surface area contributed by atoms with Crippen molar-refractivity contribution in [1.29, 1.82) is 0 Å². The van der Waals surface area contributed by atoms with Gasteiger partial charge >= 0.3 is 0 Å². The lowest BCUT2D eigenvalue weighted by atomic mass is 9.76. The molecule has 0 saturated carbocycles. The number of nitrogens with zero attached hydrogens (tertiary/aromatic N) is 1. The van der Waals surface area contributed by atoms with Crippen molar-refractivity contribution >= 4 is 34.9 Å². The van der Waals surface area contributed by atoms with E-state index in [1.165, 1.54) is 0 Å². The molecule has 1 aliphatic rings. The minimum Gasteiger partial charge on any atom is -0.342 e. The Bertz CT molecular complexity index is 726. The highest BCUT2D eigenvalue weighted by Crippen LogP contribution is 2.36. The number of piperidine rings is 1. The van der Waals surface area contributed by atoms with Gasteiger partial charge in [0, 0.05) is 48.3 Å². The normalized spacial score (nSPS) is 17.8. The molecule has 1 heterocycles. The Morgan fingerprint density at radius 2 is 1.48 bits per heavy atom. The van der Waals surface area contributed by atoms with Gasteiger partial charge in [-0.15, -0.1) is 0 Å². The van der Waals surface area contributed by atoms with Gasteiger partial charge in [-0.3, -0.25) is 9.59 Å². The van der Waals surface area contributed by atoms with Gasteiger partial charge in [-0.1, -0.05) is 47.5 Å². The molecule has 3 rings (SSSR count). The van der Waals surface area contributed by atoms with Crippen LogP contribution in [0.3, 0.4) is 0 Å². The summed E-state index contributed by atoms with van der Waals surface area (Å²) in [6.45, 7) is 2.48. The molecule has 25 heavy (non-hydrogen) atoms. The minimum absolute atomic E-state index is 0.00321. The molecular formula is C20H19Cl2NO2. The summed E-state index contributed by atoms with van der Waals surface area (Å²) in [7, 11) is 0. The molecule has 1 aliphatic heterocycles. The van der Waals surface area contributed by atoms with Crippen LogP contribution in [0.2, 0.25) is 10.0 Å². The first-order valence-electron chi connectivity index (χ1n) is 8.25. The second-order valence-corrected chi connectivity index (χ2v) is 7.24. The molecule has 3 nitrogen and oxygen atoms in total. The van der Waals surface area contributed by atoms with Crippen molar-refractivity contribution in [2.75, 3.05) is 13.1 Å². The molecule has 1 fully saturated rings. The zero-order valence-corrected chi connectivity index (χ0v) is 15.4. The maximum atomic E-state index is 12.7. The van der Waals surface area contributed by atoms with Crippen molar-refractivity contribution in [2.45, 2.75) is 19.3 Å². The number of ketones is 1. The van der Waals surface area contributed by atoms with E-state index in [4.69, 9.17) is 23.2 Å². The van der Waals surface area contributed by atoms with E-state index in [0.29, 0.717) is 29.6 Å². The average Bonchev–Trinajstić information content (AvgIpc) is 2.59. The number of halogens is 2. The molecule has 1 atom stereocenters. The van der Waals surface area contributed by atoms with E-state index in [1.54, 1.807) is 11.8 Å². The molecule has 130 valence electrons. The van der Waals surface area contributed by atoms with Crippen molar-refractivity contribution in [3.05, 3.63) is 69.7 Å². The summed E-state index contributed by atoms with van der Waals surface area (Å²) in [6.07, 6.45) is 0.391. The molecule has 0 aliphatic carbocycles. The van der Waals surface area contributed by atoms with E-state index in [9.17, 15) is 9.59 Å². The Morgan fingerprint density at radius 1 is 1.00 bits per heavy atom. The van der Waals surface area contributed by atoms with Crippen molar-refractivity contribution in [1.82, 2.24) is 4.90 Å². The van der Waals surface area contributed by atoms with Crippen LogP contribution < -0.4 is 0 Å². The molecule has 0 aromatic heterocycles. The van der Waals surface area contributed by atoms with E-state index in [0.717, 1.165) is 11.1 Å². The van der Waals surface area contributed by atoms with Gasteiger partial charge in [0.25, 0.3) is 0 Å². The second kappa shape index (κ2) is 7.59. The SMILES string of the molecule is CC(=O)N1CCC(=O)C(C(c2ccc(Cl)cc2)c2ccc(Cl)cc2)C1. The topological polar surface area (TPSA) is 37.4 Å². The highest BCUT2D eigenvalue weighted by Gasteiger charge is 2.36. The van der Waals surface area contributed by atoms with Crippen LogP contribution in [0.5, 0.6) is 0 Å². The molecule has 0 bridgehead atoms. The fourth-order valence-electron chi connectivity index (χ4n) is 3.44. The lowest BCUT2D eigenvalue weighted by molar-refractivity contribution is -0.135. The highest BCUT2D eigenvalue weighted by molar-refractivity contribution is 6.30. The number of hydrogen-bond donors (Lipinski definition) is 0. The molecular weight excluding hydrogens is 357 g/mol. The summed E-state index contributed by atoms with van der Waals surface area (Å²) < 4.78 is 0. The smallest absolute Gasteiger partial charge is 0.219 e. The first kappa shape index (κ1) is 18.0. The standard InChI is InChI=1S/C20H19Cl2NO2/c1-13(24)23-11-10-19(25)18(12-23)20(14-2-6-16(21)7-3-14)15-4-8-17(22)9-5-15/h2-9,18,20H,10-12H2,1H3. The molecule has 0 spiro atoms. The Kier molecular flexibility index (Phi) is 5.45. The summed E-state index contributed by atoms with van der Waals surface area (Å²) >= 11 is 12.1. The zero-order chi connectivity index (χ0) is 18.0. The molecule has 2 aromatic carbocycles. The maximum Gasteiger partial charge on any atom is 0.219 e. The number of Topliss-reactive ketones (excluding diaryl/α,β-unsaturated/α-hetero) is 1. The van der Waals surface area contributed by atoms with Crippen LogP contribution in [0.1, 0.15) is 30.4 Å². The van der Waals surface area contributed by atoms with Crippen LogP contribution in [-0.4, -0.2) is 29.7 Å². The fraction of sp³-hybridized carbons (Fsp3) is 0.300. The van der Waals surface area contributed by atoms with E-state index >= 15 is 0 Å². The van der Waals surface area contributed by atoms with Crippen LogP contribution in [0.4, 0.5) is 0 Å². The summed E-state index contributed by atoms with van der Waals surface area (Å²) in [5, 5.41) is 1.30. The predicted octanol–water partition coefficient (Wildman–Crippen LogP) is 4.56. The molecule has 2 aromatic rings. The van der Waals surface area contributed by atoms with Gasteiger partial charge in [0.05, 0.1) is 0 Å². The van der Waals surface area contributed by atoms with E-state index in [1.807, 2.05) is 48.5 Å². The van der Waals surface area contributed by atoms with Gasteiger partial charge in [0.1, 0.15) is 5.78 Å². The fourth-order valence-corrected chi connectivity index (χ4v) is 3.69. The highest BCUT2D eigenvalue weighted by atomic mass is 35.5. The van der Waals surface area contributed by atoms with E-state index in [2.05, 4.69) is 0 Å². The van der Waals surface area contributed by atoms with Crippen molar-refractivity contribution in [3.63, 3.8) is 0 Å². The third-order valence-corrected chi connectivity index (χ3v) is 5.27. The maximum absolute atomic E-state index is 12.7. The van der Waals surface area contributed by atoms with Gasteiger partial charge in [0.15, 0.2) is 0 Å². The van der Waals surface area contributed by atoms with Crippen LogP contribution in [0, 0.1) is 5.92 Å². The number of amides is 1. The Balaban J connectivity index is 2.03. The van der Waals surface area contributed by atoms with Gasteiger partial charge in [0.2, 0.25) is 5.91 Å².